The van der Waals surface area contributed by atoms with Gasteiger partial charge in [-0.15, -0.1) is 0 Å². The summed E-state index contributed by atoms with van der Waals surface area (Å²) in [6.45, 7) is 7.49. The normalized spacial score (nSPS) is 13.9. The molecule has 1 atom stereocenters. The van der Waals surface area contributed by atoms with E-state index in [1.54, 1.807) is 6.92 Å². The zero-order chi connectivity index (χ0) is 14.5. The molecule has 1 rings (SSSR count). The molecule has 0 bridgehead atoms. The molecular weight excluding hydrogens is 240 g/mol. The van der Waals surface area contributed by atoms with Gasteiger partial charge in [-0.2, -0.15) is 0 Å². The van der Waals surface area contributed by atoms with Gasteiger partial charge in [0.1, 0.15) is 0 Å². The van der Waals surface area contributed by atoms with Crippen molar-refractivity contribution in [3.8, 4) is 0 Å². The molecule has 0 spiro atoms. The molecule has 0 N–H and O–H groups in total. The second-order valence-corrected chi connectivity index (χ2v) is 5.15. The van der Waals surface area contributed by atoms with Gasteiger partial charge in [-0.3, -0.25) is 9.59 Å². The lowest BCUT2D eigenvalue weighted by Crippen LogP contribution is -2.45. The van der Waals surface area contributed by atoms with E-state index in [4.69, 9.17) is 4.74 Å². The van der Waals surface area contributed by atoms with Crippen LogP contribution in [-0.4, -0.2) is 18.4 Å². The third-order valence-electron chi connectivity index (χ3n) is 3.21. The maximum atomic E-state index is 12.4. The van der Waals surface area contributed by atoms with Gasteiger partial charge in [0.25, 0.3) is 0 Å². The van der Waals surface area contributed by atoms with Gasteiger partial charge in [-0.1, -0.05) is 44.2 Å². The Kier molecular flexibility index (Phi) is 5.28. The van der Waals surface area contributed by atoms with Gasteiger partial charge in [-0.05, 0) is 31.7 Å². The van der Waals surface area contributed by atoms with Crippen molar-refractivity contribution in [1.29, 1.82) is 0 Å². The third-order valence-corrected chi connectivity index (χ3v) is 3.21. The second kappa shape index (κ2) is 6.50. The first-order chi connectivity index (χ1) is 8.95. The van der Waals surface area contributed by atoms with Crippen LogP contribution in [0.15, 0.2) is 30.3 Å². The maximum Gasteiger partial charge on any atom is 0.324 e. The summed E-state index contributed by atoms with van der Waals surface area (Å²) < 4.78 is 5.16. The minimum Gasteiger partial charge on any atom is -0.465 e. The molecular formula is C16H22O3. The summed E-state index contributed by atoms with van der Waals surface area (Å²) in [4.78, 5) is 24.6. The molecule has 1 unspecified atom stereocenters. The highest BCUT2D eigenvalue weighted by Gasteiger charge is 2.46. The van der Waals surface area contributed by atoms with Crippen LogP contribution >= 0.6 is 0 Å². The van der Waals surface area contributed by atoms with Crippen molar-refractivity contribution in [3.63, 3.8) is 0 Å². The first kappa shape index (κ1) is 15.4. The number of hydrogen-bond acceptors (Lipinski definition) is 3. The molecule has 0 fully saturated rings. The zero-order valence-electron chi connectivity index (χ0n) is 12.1. The molecule has 3 heteroatoms. The van der Waals surface area contributed by atoms with E-state index in [-0.39, 0.29) is 18.3 Å². The van der Waals surface area contributed by atoms with E-state index in [2.05, 4.69) is 0 Å². The molecule has 0 saturated carbocycles. The molecule has 3 nitrogen and oxygen atoms in total. The molecule has 0 aliphatic rings. The van der Waals surface area contributed by atoms with Crippen LogP contribution in [0.1, 0.15) is 39.7 Å². The number of ether oxygens (including phenoxy) is 1. The van der Waals surface area contributed by atoms with Crippen molar-refractivity contribution in [3.05, 3.63) is 35.9 Å². The van der Waals surface area contributed by atoms with Crippen LogP contribution in [0.3, 0.4) is 0 Å². The smallest absolute Gasteiger partial charge is 0.324 e. The number of benzene rings is 1. The van der Waals surface area contributed by atoms with Crippen molar-refractivity contribution in [2.75, 3.05) is 6.61 Å². The number of rotatable bonds is 6. The van der Waals surface area contributed by atoms with Crippen molar-refractivity contribution in [2.45, 2.75) is 39.5 Å². The summed E-state index contributed by atoms with van der Waals surface area (Å²) in [6.07, 6.45) is 0.463. The largest absolute Gasteiger partial charge is 0.465 e. The summed E-state index contributed by atoms with van der Waals surface area (Å²) in [5.74, 6) is -0.387. The fraction of sp³-hybridized carbons (Fsp3) is 0.500. The van der Waals surface area contributed by atoms with Crippen molar-refractivity contribution in [2.24, 2.45) is 5.92 Å². The summed E-state index contributed by atoms with van der Waals surface area (Å²) in [5.41, 5.74) is -0.458. The predicted octanol–water partition coefficient (Wildman–Crippen LogP) is 3.12. The Morgan fingerprint density at radius 2 is 1.79 bits per heavy atom. The van der Waals surface area contributed by atoms with Crippen molar-refractivity contribution >= 4 is 11.8 Å². The highest BCUT2D eigenvalue weighted by atomic mass is 16.5. The molecule has 104 valence electrons. The van der Waals surface area contributed by atoms with E-state index in [0.29, 0.717) is 6.42 Å². The molecule has 0 heterocycles. The molecule has 1 aromatic carbocycles. The molecule has 0 amide bonds. The minimum atomic E-state index is -1.18. The second-order valence-electron chi connectivity index (χ2n) is 5.15. The summed E-state index contributed by atoms with van der Waals surface area (Å²) >= 11 is 0. The van der Waals surface area contributed by atoms with E-state index in [0.717, 1.165) is 5.56 Å². The SMILES string of the molecule is CCOC(=O)C(CC(C)C)(C(C)=O)c1ccccc1. The summed E-state index contributed by atoms with van der Waals surface area (Å²) in [7, 11) is 0. The van der Waals surface area contributed by atoms with E-state index < -0.39 is 11.4 Å². The average Bonchev–Trinajstić information content (AvgIpc) is 2.36. The number of hydrogen-bond donors (Lipinski definition) is 0. The van der Waals surface area contributed by atoms with Crippen molar-refractivity contribution < 1.29 is 14.3 Å². The van der Waals surface area contributed by atoms with E-state index >= 15 is 0 Å². The number of Topliss-reactive ketones (excluding diaryl/α,β-unsaturated/α-hetero) is 1. The molecule has 0 saturated heterocycles. The van der Waals surface area contributed by atoms with Crippen LogP contribution in [0, 0.1) is 5.92 Å². The average molecular weight is 262 g/mol. The fourth-order valence-corrected chi connectivity index (χ4v) is 2.40. The topological polar surface area (TPSA) is 43.4 Å². The van der Waals surface area contributed by atoms with Crippen LogP contribution < -0.4 is 0 Å². The number of carbonyl (C=O) groups is 2. The van der Waals surface area contributed by atoms with Gasteiger partial charge in [0.2, 0.25) is 0 Å². The van der Waals surface area contributed by atoms with Gasteiger partial charge in [0.15, 0.2) is 11.2 Å². The quantitative estimate of drug-likeness (QED) is 0.584. The van der Waals surface area contributed by atoms with E-state index in [1.807, 2.05) is 44.2 Å². The monoisotopic (exact) mass is 262 g/mol. The standard InChI is InChI=1S/C16H22O3/c1-5-19-15(18)16(13(4)17,11-12(2)3)14-9-7-6-8-10-14/h6-10,12H,5,11H2,1-4H3. The fourth-order valence-electron chi connectivity index (χ4n) is 2.40. The Morgan fingerprint density at radius 1 is 1.21 bits per heavy atom. The lowest BCUT2D eigenvalue weighted by molar-refractivity contribution is -0.154. The van der Waals surface area contributed by atoms with E-state index in [9.17, 15) is 9.59 Å². The van der Waals surface area contributed by atoms with Crippen molar-refractivity contribution in [1.82, 2.24) is 0 Å². The molecule has 19 heavy (non-hydrogen) atoms. The Morgan fingerprint density at radius 3 is 2.21 bits per heavy atom. The molecule has 0 aliphatic carbocycles. The summed E-state index contributed by atoms with van der Waals surface area (Å²) in [5, 5.41) is 0. The molecule has 0 aliphatic heterocycles. The van der Waals surface area contributed by atoms with Crippen LogP contribution in [-0.2, 0) is 19.7 Å². The van der Waals surface area contributed by atoms with Gasteiger partial charge in [-0.25, -0.2) is 0 Å². The maximum absolute atomic E-state index is 12.4. The highest BCUT2D eigenvalue weighted by molar-refractivity contribution is 6.08. The third kappa shape index (κ3) is 3.22. The van der Waals surface area contributed by atoms with Gasteiger partial charge in [0, 0.05) is 0 Å². The Hall–Kier alpha value is -1.64. The Labute approximate surface area is 115 Å². The number of ketones is 1. The minimum absolute atomic E-state index is 0.161. The van der Waals surface area contributed by atoms with Crippen LogP contribution in [0.4, 0.5) is 0 Å². The van der Waals surface area contributed by atoms with Gasteiger partial charge >= 0.3 is 5.97 Å². The van der Waals surface area contributed by atoms with Crippen LogP contribution in [0.5, 0.6) is 0 Å². The van der Waals surface area contributed by atoms with E-state index in [1.165, 1.54) is 6.92 Å². The molecule has 0 radical (unpaired) electrons. The number of esters is 1. The van der Waals surface area contributed by atoms with Crippen LogP contribution in [0.2, 0.25) is 0 Å². The molecule has 1 aromatic rings. The Balaban J connectivity index is 3.35. The predicted molar refractivity (Wildman–Crippen MR) is 74.9 cm³/mol. The summed E-state index contributed by atoms with van der Waals surface area (Å²) in [6, 6.07) is 9.19. The lowest BCUT2D eigenvalue weighted by atomic mass is 9.71. The number of carbonyl (C=O) groups excluding carboxylic acids is 2. The first-order valence-corrected chi connectivity index (χ1v) is 6.69. The van der Waals surface area contributed by atoms with Gasteiger partial charge < -0.3 is 4.74 Å². The highest BCUT2D eigenvalue weighted by Crippen LogP contribution is 2.34. The van der Waals surface area contributed by atoms with Gasteiger partial charge in [0.05, 0.1) is 6.61 Å². The lowest BCUT2D eigenvalue weighted by Gasteiger charge is -2.31. The first-order valence-electron chi connectivity index (χ1n) is 6.69. The molecule has 0 aromatic heterocycles. The van der Waals surface area contributed by atoms with Crippen LogP contribution in [0.25, 0.3) is 0 Å². The zero-order valence-corrected chi connectivity index (χ0v) is 12.1. The Bertz CT molecular complexity index is 437.